The van der Waals surface area contributed by atoms with Crippen molar-refractivity contribution in [3.8, 4) is 0 Å². The van der Waals surface area contributed by atoms with E-state index in [4.69, 9.17) is 0 Å². The Morgan fingerprint density at radius 2 is 0.597 bits per heavy atom. The lowest BCUT2D eigenvalue weighted by Gasteiger charge is -2.12. The van der Waals surface area contributed by atoms with Crippen LogP contribution in [-0.2, 0) is 12.8 Å². The Labute approximate surface area is 438 Å². The van der Waals surface area contributed by atoms with E-state index >= 15 is 0 Å². The SMILES string of the molecule is Cc1ccc(C(=O)Nc2ccc(Cc3ccc(NC(=O)c4cc(C(=O)c5ccc(C(=O)Nc6ccc(Cc7ccc(NC(=O)c8ccccc8C(=O)O)cc7)cc6)c(C(=O)O)c5)ccc4C(=O)O)cc3)cc2)c(C(=O)O)c1. The van der Waals surface area contributed by atoms with E-state index < -0.39 is 64.4 Å². The molecule has 0 atom stereocenters. The van der Waals surface area contributed by atoms with Gasteiger partial charge in [0.1, 0.15) is 0 Å². The molecule has 0 bridgehead atoms. The molecule has 77 heavy (non-hydrogen) atoms. The van der Waals surface area contributed by atoms with Crippen LogP contribution in [0.1, 0.15) is 127 Å². The molecule has 382 valence electrons. The topological polar surface area (TPSA) is 283 Å². The number of aryl methyl sites for hydroxylation is 1. The van der Waals surface area contributed by atoms with Crippen LogP contribution < -0.4 is 21.3 Å². The van der Waals surface area contributed by atoms with E-state index in [1.807, 2.05) is 0 Å². The summed E-state index contributed by atoms with van der Waals surface area (Å²) in [6, 6.07) is 44.7. The molecular weight excluding hydrogens is 985 g/mol. The van der Waals surface area contributed by atoms with Gasteiger partial charge in [0.25, 0.3) is 23.6 Å². The number of carboxylic acid groups (broad SMARTS) is 4. The number of carboxylic acids is 4. The van der Waals surface area contributed by atoms with Crippen LogP contribution in [-0.4, -0.2) is 73.7 Å². The van der Waals surface area contributed by atoms with Gasteiger partial charge in [-0.15, -0.1) is 0 Å². The predicted molar refractivity (Wildman–Crippen MR) is 285 cm³/mol. The van der Waals surface area contributed by atoms with Gasteiger partial charge in [-0.3, -0.25) is 24.0 Å². The van der Waals surface area contributed by atoms with Crippen LogP contribution in [0, 0.1) is 6.92 Å². The van der Waals surface area contributed by atoms with E-state index in [-0.39, 0.29) is 44.5 Å². The second-order valence-corrected chi connectivity index (χ2v) is 17.6. The summed E-state index contributed by atoms with van der Waals surface area (Å²) in [5.41, 5.74) is 3.82. The molecule has 0 heterocycles. The maximum Gasteiger partial charge on any atom is 0.336 e. The fraction of sp³-hybridized carbons (Fsp3) is 0.0500. The summed E-state index contributed by atoms with van der Waals surface area (Å²) in [5, 5.41) is 49.8. The van der Waals surface area contributed by atoms with Crippen molar-refractivity contribution in [2.75, 3.05) is 21.3 Å². The van der Waals surface area contributed by atoms with Crippen molar-refractivity contribution in [3.63, 3.8) is 0 Å². The number of aromatic carboxylic acids is 4. The number of hydrogen-bond acceptors (Lipinski definition) is 9. The zero-order valence-electron chi connectivity index (χ0n) is 40.6. The van der Waals surface area contributed by atoms with Crippen LogP contribution in [0.25, 0.3) is 0 Å². The Balaban J connectivity index is 0.877. The lowest BCUT2D eigenvalue weighted by atomic mass is 9.95. The molecule has 8 aromatic carbocycles. The molecule has 0 unspecified atom stereocenters. The maximum atomic E-state index is 13.8. The van der Waals surface area contributed by atoms with Gasteiger partial charge in [-0.05, 0) is 139 Å². The van der Waals surface area contributed by atoms with Gasteiger partial charge in [-0.1, -0.05) is 84.4 Å². The van der Waals surface area contributed by atoms with Crippen molar-refractivity contribution in [1.29, 1.82) is 0 Å². The molecule has 0 fully saturated rings. The first-order chi connectivity index (χ1) is 36.9. The summed E-state index contributed by atoms with van der Waals surface area (Å²) in [7, 11) is 0. The van der Waals surface area contributed by atoms with Crippen molar-refractivity contribution in [2.24, 2.45) is 0 Å². The third kappa shape index (κ3) is 12.7. The van der Waals surface area contributed by atoms with Crippen molar-refractivity contribution in [2.45, 2.75) is 19.8 Å². The zero-order chi connectivity index (χ0) is 54.9. The van der Waals surface area contributed by atoms with E-state index in [0.717, 1.165) is 40.5 Å². The van der Waals surface area contributed by atoms with E-state index in [2.05, 4.69) is 21.3 Å². The molecule has 0 saturated heterocycles. The third-order valence-corrected chi connectivity index (χ3v) is 12.2. The van der Waals surface area contributed by atoms with Crippen molar-refractivity contribution in [3.05, 3.63) is 259 Å². The summed E-state index contributed by atoms with van der Waals surface area (Å²) in [5.74, 6) is -8.86. The van der Waals surface area contributed by atoms with Crippen molar-refractivity contribution < 1.29 is 63.6 Å². The number of ketones is 1. The van der Waals surface area contributed by atoms with Crippen LogP contribution >= 0.6 is 0 Å². The second kappa shape index (κ2) is 22.9. The minimum atomic E-state index is -1.50. The number of anilines is 4. The molecule has 8 N–H and O–H groups in total. The summed E-state index contributed by atoms with van der Waals surface area (Å²) in [4.78, 5) is 114. The average Bonchev–Trinajstić information content (AvgIpc) is 3.43. The largest absolute Gasteiger partial charge is 0.478 e. The van der Waals surface area contributed by atoms with Crippen molar-refractivity contribution in [1.82, 2.24) is 0 Å². The molecule has 17 nitrogen and oxygen atoms in total. The highest BCUT2D eigenvalue weighted by atomic mass is 16.4. The highest BCUT2D eigenvalue weighted by molar-refractivity contribution is 6.17. The molecule has 0 radical (unpaired) electrons. The molecule has 0 aliphatic rings. The summed E-state index contributed by atoms with van der Waals surface area (Å²) in [6.45, 7) is 1.73. The van der Waals surface area contributed by atoms with E-state index in [0.29, 0.717) is 41.2 Å². The first-order valence-electron chi connectivity index (χ1n) is 23.5. The second-order valence-electron chi connectivity index (χ2n) is 17.6. The summed E-state index contributed by atoms with van der Waals surface area (Å²) < 4.78 is 0. The Hall–Kier alpha value is -10.8. The molecular formula is C60H44N4O13. The van der Waals surface area contributed by atoms with Crippen molar-refractivity contribution >= 4 is 76.0 Å². The number of carbonyl (C=O) groups excluding carboxylic acids is 5. The molecule has 8 rings (SSSR count). The smallest absolute Gasteiger partial charge is 0.336 e. The average molecular weight is 1030 g/mol. The first-order valence-corrected chi connectivity index (χ1v) is 23.5. The van der Waals surface area contributed by atoms with Gasteiger partial charge in [0, 0.05) is 33.9 Å². The third-order valence-electron chi connectivity index (χ3n) is 12.2. The minimum Gasteiger partial charge on any atom is -0.478 e. The number of nitrogens with one attached hydrogen (secondary N) is 4. The number of hydrogen-bond donors (Lipinski definition) is 8. The summed E-state index contributed by atoms with van der Waals surface area (Å²) in [6.07, 6.45) is 0.939. The molecule has 0 aliphatic carbocycles. The standard InChI is InChI=1S/C60H44N4O13/c1-33-6-25-45(50(28-33)59(74)75)54(67)62-41-19-9-35(10-20-41)30-37-13-23-43(24-14-37)64-56(69)49-31-38(16-27-48(49)58(72)73)52(65)39-15-26-46(51(32-39)60(76)77)55(68)63-42-21-11-36(12-22-42)29-34-7-17-40(18-8-34)61-53(66)44-4-2-3-5-47(44)57(70)71/h2-28,31-32H,29-30H2,1H3,(H,61,66)(H,62,67)(H,63,68)(H,64,69)(H,70,71)(H,72,73)(H,74,75)(H,76,77). The number of rotatable bonds is 18. The van der Waals surface area contributed by atoms with E-state index in [1.165, 1.54) is 48.5 Å². The maximum absolute atomic E-state index is 13.8. The lowest BCUT2D eigenvalue weighted by molar-refractivity contribution is 0.0683. The van der Waals surface area contributed by atoms with Gasteiger partial charge >= 0.3 is 23.9 Å². The number of benzene rings is 8. The van der Waals surface area contributed by atoms with Gasteiger partial charge in [-0.25, -0.2) is 19.2 Å². The molecule has 0 spiro atoms. The predicted octanol–water partition coefficient (Wildman–Crippen LogP) is 10.2. The van der Waals surface area contributed by atoms with Gasteiger partial charge in [-0.2, -0.15) is 0 Å². The molecule has 4 amide bonds. The summed E-state index contributed by atoms with van der Waals surface area (Å²) >= 11 is 0. The number of amides is 4. The van der Waals surface area contributed by atoms with Crippen LogP contribution in [0.5, 0.6) is 0 Å². The van der Waals surface area contributed by atoms with Gasteiger partial charge in [0.15, 0.2) is 5.78 Å². The van der Waals surface area contributed by atoms with Crippen LogP contribution in [0.3, 0.4) is 0 Å². The lowest BCUT2D eigenvalue weighted by Crippen LogP contribution is -2.19. The van der Waals surface area contributed by atoms with Gasteiger partial charge in [0.2, 0.25) is 0 Å². The highest BCUT2D eigenvalue weighted by Gasteiger charge is 2.24. The fourth-order valence-corrected chi connectivity index (χ4v) is 8.28. The monoisotopic (exact) mass is 1030 g/mol. The Kier molecular flexibility index (Phi) is 15.6. The normalized spacial score (nSPS) is 10.7. The Morgan fingerprint density at radius 1 is 0.312 bits per heavy atom. The quantitative estimate of drug-likeness (QED) is 0.0372. The number of carbonyl (C=O) groups is 9. The molecule has 0 aliphatic heterocycles. The van der Waals surface area contributed by atoms with Crippen LogP contribution in [0.15, 0.2) is 176 Å². The van der Waals surface area contributed by atoms with Gasteiger partial charge < -0.3 is 41.7 Å². The Morgan fingerprint density at radius 3 is 0.974 bits per heavy atom. The van der Waals surface area contributed by atoms with E-state index in [9.17, 15) is 63.6 Å². The van der Waals surface area contributed by atoms with Crippen LogP contribution in [0.4, 0.5) is 22.7 Å². The minimum absolute atomic E-state index is 0.0254. The molecule has 17 heteroatoms. The van der Waals surface area contributed by atoms with Gasteiger partial charge in [0.05, 0.1) is 44.5 Å². The first kappa shape index (κ1) is 52.5. The molecule has 0 saturated carbocycles. The highest BCUT2D eigenvalue weighted by Crippen LogP contribution is 2.24. The molecule has 8 aromatic rings. The van der Waals surface area contributed by atoms with Crippen LogP contribution in [0.2, 0.25) is 0 Å². The van der Waals surface area contributed by atoms with E-state index in [1.54, 1.807) is 116 Å². The Bertz CT molecular complexity index is 3680. The fourth-order valence-electron chi connectivity index (χ4n) is 8.28. The molecule has 0 aromatic heterocycles. The zero-order valence-corrected chi connectivity index (χ0v) is 40.6.